The number of hydrogen-bond acceptors (Lipinski definition) is 3. The third-order valence-corrected chi connectivity index (χ3v) is 6.83. The van der Waals surface area contributed by atoms with Crippen LogP contribution >= 0.6 is 0 Å². The summed E-state index contributed by atoms with van der Waals surface area (Å²) in [6.07, 6.45) is 4.26. The van der Waals surface area contributed by atoms with Crippen molar-refractivity contribution < 1.29 is 9.53 Å². The number of piperidine rings is 1. The maximum absolute atomic E-state index is 13.5. The first-order valence-electron chi connectivity index (χ1n) is 12.7. The zero-order valence-electron chi connectivity index (χ0n) is 20.7. The Hall–Kier alpha value is -3.15. The number of nitrogens with one attached hydrogen (secondary N) is 1. The lowest BCUT2D eigenvalue weighted by atomic mass is 10.0. The average molecular weight is 472 g/mol. The van der Waals surface area contributed by atoms with E-state index >= 15 is 0 Å². The largest absolute Gasteiger partial charge is 0.383 e. The van der Waals surface area contributed by atoms with Crippen LogP contribution in [0.3, 0.4) is 0 Å². The predicted molar refractivity (Wildman–Crippen MR) is 144 cm³/mol. The van der Waals surface area contributed by atoms with E-state index in [1.165, 1.54) is 12.0 Å². The first-order valence-corrected chi connectivity index (χ1v) is 12.7. The number of carbonyl (C=O) groups is 1. The normalized spacial score (nSPS) is 14.5. The van der Waals surface area contributed by atoms with E-state index in [1.807, 2.05) is 41.3 Å². The molecule has 0 spiro atoms. The molecule has 3 aromatic rings. The van der Waals surface area contributed by atoms with E-state index in [0.29, 0.717) is 13.2 Å². The summed E-state index contributed by atoms with van der Waals surface area (Å²) in [6, 6.07) is 29.1. The van der Waals surface area contributed by atoms with Crippen molar-refractivity contribution in [2.45, 2.75) is 31.7 Å². The molecule has 1 aliphatic heterocycles. The third kappa shape index (κ3) is 7.17. The van der Waals surface area contributed by atoms with E-state index in [9.17, 15) is 4.79 Å². The smallest absolute Gasteiger partial charge is 0.322 e. The van der Waals surface area contributed by atoms with E-state index in [0.717, 1.165) is 55.7 Å². The van der Waals surface area contributed by atoms with Crippen LogP contribution in [0.15, 0.2) is 84.9 Å². The standard InChI is InChI=1S/C30H37N3O2/c1-35-24-23-33(27-18-21-32(22-19-27)20-10-13-25-11-4-2-5-12-25)30(34)31-29-17-9-8-16-28(29)26-14-6-3-7-15-26/h2-9,11-12,14-17,27H,10,13,18-24H2,1H3,(H,31,34). The number of urea groups is 1. The highest BCUT2D eigenvalue weighted by Crippen LogP contribution is 2.28. The number of ether oxygens (including phenoxy) is 1. The van der Waals surface area contributed by atoms with E-state index in [-0.39, 0.29) is 12.1 Å². The van der Waals surface area contributed by atoms with Crippen molar-refractivity contribution >= 4 is 11.7 Å². The molecular formula is C30H37N3O2. The summed E-state index contributed by atoms with van der Waals surface area (Å²) in [6.45, 7) is 4.28. The Morgan fingerprint density at radius 2 is 1.60 bits per heavy atom. The summed E-state index contributed by atoms with van der Waals surface area (Å²) in [5, 5.41) is 3.20. The molecular weight excluding hydrogens is 434 g/mol. The molecule has 3 aromatic carbocycles. The molecule has 0 unspecified atom stereocenters. The van der Waals surface area contributed by atoms with Crippen molar-refractivity contribution in [3.63, 3.8) is 0 Å². The number of para-hydroxylation sites is 1. The number of carbonyl (C=O) groups excluding carboxylic acids is 1. The molecule has 0 bridgehead atoms. The molecule has 1 aliphatic rings. The minimum atomic E-state index is -0.0482. The second-order valence-corrected chi connectivity index (χ2v) is 9.19. The Morgan fingerprint density at radius 1 is 0.943 bits per heavy atom. The van der Waals surface area contributed by atoms with Gasteiger partial charge in [-0.25, -0.2) is 4.79 Å². The van der Waals surface area contributed by atoms with Gasteiger partial charge in [0.2, 0.25) is 0 Å². The van der Waals surface area contributed by atoms with Gasteiger partial charge in [-0.1, -0.05) is 78.9 Å². The maximum Gasteiger partial charge on any atom is 0.322 e. The molecule has 35 heavy (non-hydrogen) atoms. The molecule has 1 saturated heterocycles. The molecule has 0 saturated carbocycles. The van der Waals surface area contributed by atoms with E-state index in [1.54, 1.807) is 7.11 Å². The van der Waals surface area contributed by atoms with Crippen LogP contribution in [0.4, 0.5) is 10.5 Å². The lowest BCUT2D eigenvalue weighted by Crippen LogP contribution is -2.50. The fourth-order valence-corrected chi connectivity index (χ4v) is 4.89. The van der Waals surface area contributed by atoms with Crippen LogP contribution < -0.4 is 5.32 Å². The molecule has 0 atom stereocenters. The fraction of sp³-hybridized carbons (Fsp3) is 0.367. The van der Waals surface area contributed by atoms with Gasteiger partial charge >= 0.3 is 6.03 Å². The number of benzene rings is 3. The molecule has 0 radical (unpaired) electrons. The first kappa shape index (κ1) is 25.0. The number of hydrogen-bond donors (Lipinski definition) is 1. The molecule has 1 N–H and O–H groups in total. The van der Waals surface area contributed by atoms with Gasteiger partial charge in [-0.05, 0) is 49.4 Å². The van der Waals surface area contributed by atoms with Gasteiger partial charge in [0, 0.05) is 38.3 Å². The number of amides is 2. The molecule has 0 aliphatic carbocycles. The molecule has 5 heteroatoms. The minimum absolute atomic E-state index is 0.0482. The van der Waals surface area contributed by atoms with Crippen LogP contribution in [-0.4, -0.2) is 61.8 Å². The number of rotatable bonds is 10. The Kier molecular flexibility index (Phi) is 9.32. The van der Waals surface area contributed by atoms with Crippen molar-refractivity contribution in [3.8, 4) is 11.1 Å². The van der Waals surface area contributed by atoms with Crippen LogP contribution in [0.2, 0.25) is 0 Å². The van der Waals surface area contributed by atoms with Gasteiger partial charge in [0.25, 0.3) is 0 Å². The van der Waals surface area contributed by atoms with E-state index in [4.69, 9.17) is 4.74 Å². The van der Waals surface area contributed by atoms with Gasteiger partial charge in [-0.3, -0.25) is 0 Å². The van der Waals surface area contributed by atoms with Gasteiger partial charge in [0.15, 0.2) is 0 Å². The van der Waals surface area contributed by atoms with Crippen LogP contribution in [0.25, 0.3) is 11.1 Å². The molecule has 2 amide bonds. The highest BCUT2D eigenvalue weighted by atomic mass is 16.5. The van der Waals surface area contributed by atoms with Crippen LogP contribution in [0, 0.1) is 0 Å². The lowest BCUT2D eigenvalue weighted by Gasteiger charge is -2.38. The van der Waals surface area contributed by atoms with Crippen LogP contribution in [0.5, 0.6) is 0 Å². The molecule has 5 nitrogen and oxygen atoms in total. The third-order valence-electron chi connectivity index (χ3n) is 6.83. The quantitative estimate of drug-likeness (QED) is 0.399. The van der Waals surface area contributed by atoms with Gasteiger partial charge in [-0.2, -0.15) is 0 Å². The summed E-state index contributed by atoms with van der Waals surface area (Å²) >= 11 is 0. The Labute approximate surface area is 209 Å². The zero-order valence-corrected chi connectivity index (χ0v) is 20.7. The summed E-state index contributed by atoms with van der Waals surface area (Å²) < 4.78 is 5.34. The number of aryl methyl sites for hydroxylation is 1. The predicted octanol–water partition coefficient (Wildman–Crippen LogP) is 5.93. The topological polar surface area (TPSA) is 44.8 Å². The number of methoxy groups -OCH3 is 1. The van der Waals surface area contributed by atoms with Gasteiger partial charge < -0.3 is 19.9 Å². The van der Waals surface area contributed by atoms with Gasteiger partial charge in [0.05, 0.1) is 12.3 Å². The summed E-state index contributed by atoms with van der Waals surface area (Å²) in [7, 11) is 1.69. The Balaban J connectivity index is 1.34. The molecule has 4 rings (SSSR count). The van der Waals surface area contributed by atoms with Crippen LogP contribution in [0.1, 0.15) is 24.8 Å². The van der Waals surface area contributed by atoms with Crippen LogP contribution in [-0.2, 0) is 11.2 Å². The number of likely N-dealkylation sites (tertiary alicyclic amines) is 1. The monoisotopic (exact) mass is 471 g/mol. The maximum atomic E-state index is 13.5. The van der Waals surface area contributed by atoms with Crippen molar-refractivity contribution in [3.05, 3.63) is 90.5 Å². The molecule has 184 valence electrons. The van der Waals surface area contributed by atoms with Gasteiger partial charge in [0.1, 0.15) is 0 Å². The number of anilines is 1. The Morgan fingerprint density at radius 3 is 2.31 bits per heavy atom. The van der Waals surface area contributed by atoms with Crippen molar-refractivity contribution in [2.75, 3.05) is 45.2 Å². The second-order valence-electron chi connectivity index (χ2n) is 9.19. The van der Waals surface area contributed by atoms with Crippen molar-refractivity contribution in [2.24, 2.45) is 0 Å². The summed E-state index contributed by atoms with van der Waals surface area (Å²) in [5.41, 5.74) is 4.36. The first-order chi connectivity index (χ1) is 17.2. The lowest BCUT2D eigenvalue weighted by molar-refractivity contribution is 0.100. The summed E-state index contributed by atoms with van der Waals surface area (Å²) in [4.78, 5) is 18.0. The summed E-state index contributed by atoms with van der Waals surface area (Å²) in [5.74, 6) is 0. The highest BCUT2D eigenvalue weighted by Gasteiger charge is 2.28. The minimum Gasteiger partial charge on any atom is -0.383 e. The molecule has 1 heterocycles. The number of nitrogens with zero attached hydrogens (tertiary/aromatic N) is 2. The molecule has 0 aromatic heterocycles. The van der Waals surface area contributed by atoms with Crippen molar-refractivity contribution in [1.82, 2.24) is 9.80 Å². The zero-order chi connectivity index (χ0) is 24.3. The van der Waals surface area contributed by atoms with E-state index < -0.39 is 0 Å². The highest BCUT2D eigenvalue weighted by molar-refractivity contribution is 5.94. The second kappa shape index (κ2) is 13.1. The van der Waals surface area contributed by atoms with Gasteiger partial charge in [-0.15, -0.1) is 0 Å². The average Bonchev–Trinajstić information content (AvgIpc) is 2.91. The SMILES string of the molecule is COCCN(C(=O)Nc1ccccc1-c1ccccc1)C1CCN(CCCc2ccccc2)CC1. The Bertz CT molecular complexity index is 1030. The fourth-order valence-electron chi connectivity index (χ4n) is 4.89. The van der Waals surface area contributed by atoms with E-state index in [2.05, 4.69) is 58.7 Å². The van der Waals surface area contributed by atoms with Crippen molar-refractivity contribution in [1.29, 1.82) is 0 Å². The molecule has 1 fully saturated rings.